The van der Waals surface area contributed by atoms with E-state index in [0.717, 1.165) is 11.1 Å². The van der Waals surface area contributed by atoms with E-state index >= 15 is 0 Å². The molecule has 1 heterocycles. The molecular formula is C19H17NO2. The first-order valence-electron chi connectivity index (χ1n) is 7.20. The van der Waals surface area contributed by atoms with Crippen molar-refractivity contribution in [1.82, 2.24) is 0 Å². The third-order valence-electron chi connectivity index (χ3n) is 3.71. The predicted molar refractivity (Wildman–Crippen MR) is 88.5 cm³/mol. The number of hydrogen-bond acceptors (Lipinski definition) is 3. The number of benzene rings is 2. The summed E-state index contributed by atoms with van der Waals surface area (Å²) in [6.07, 6.45) is 0. The molecule has 0 radical (unpaired) electrons. The van der Waals surface area contributed by atoms with Gasteiger partial charge < -0.3 is 10.2 Å². The summed E-state index contributed by atoms with van der Waals surface area (Å²) in [4.78, 5) is 12.6. The van der Waals surface area contributed by atoms with E-state index in [1.165, 1.54) is 0 Å². The molecule has 0 saturated heterocycles. The molecule has 0 saturated carbocycles. The molecule has 110 valence electrons. The molecule has 0 spiro atoms. The minimum absolute atomic E-state index is 0.0496. The van der Waals surface area contributed by atoms with Crippen molar-refractivity contribution < 1.29 is 4.42 Å². The summed E-state index contributed by atoms with van der Waals surface area (Å²) in [7, 11) is 0. The summed E-state index contributed by atoms with van der Waals surface area (Å²) in [6.45, 7) is 1.94. The van der Waals surface area contributed by atoms with Crippen molar-refractivity contribution in [3.05, 3.63) is 82.0 Å². The zero-order valence-corrected chi connectivity index (χ0v) is 12.4. The topological polar surface area (TPSA) is 56.2 Å². The predicted octanol–water partition coefficient (Wildman–Crippen LogP) is 3.74. The molecule has 0 fully saturated rings. The average molecular weight is 291 g/mol. The highest BCUT2D eigenvalue weighted by Gasteiger charge is 2.17. The molecule has 3 aromatic rings. The van der Waals surface area contributed by atoms with Crippen molar-refractivity contribution in [2.24, 2.45) is 5.73 Å². The van der Waals surface area contributed by atoms with Gasteiger partial charge in [0, 0.05) is 23.2 Å². The quantitative estimate of drug-likeness (QED) is 0.799. The second-order valence-corrected chi connectivity index (χ2v) is 5.13. The van der Waals surface area contributed by atoms with Gasteiger partial charge in [0.15, 0.2) is 5.43 Å². The van der Waals surface area contributed by atoms with E-state index in [-0.39, 0.29) is 12.0 Å². The first-order valence-corrected chi connectivity index (χ1v) is 7.20. The summed E-state index contributed by atoms with van der Waals surface area (Å²) in [5.74, 6) is 1.15. The Morgan fingerprint density at radius 3 is 1.86 bits per heavy atom. The minimum atomic E-state index is -0.0496. The van der Waals surface area contributed by atoms with E-state index in [1.54, 1.807) is 6.92 Å². The highest BCUT2D eigenvalue weighted by Crippen LogP contribution is 2.29. The molecule has 0 aliphatic heterocycles. The second-order valence-electron chi connectivity index (χ2n) is 5.13. The second kappa shape index (κ2) is 6.00. The van der Waals surface area contributed by atoms with Gasteiger partial charge in [-0.2, -0.15) is 0 Å². The lowest BCUT2D eigenvalue weighted by Gasteiger charge is -2.12. The van der Waals surface area contributed by atoms with Crippen LogP contribution in [0, 0.1) is 6.92 Å². The molecule has 2 N–H and O–H groups in total. The fraction of sp³-hybridized carbons (Fsp3) is 0.105. The highest BCUT2D eigenvalue weighted by molar-refractivity contribution is 5.67. The third kappa shape index (κ3) is 2.47. The van der Waals surface area contributed by atoms with Crippen molar-refractivity contribution in [1.29, 1.82) is 0 Å². The Hall–Kier alpha value is -2.65. The zero-order valence-electron chi connectivity index (χ0n) is 12.4. The zero-order chi connectivity index (χ0) is 15.5. The highest BCUT2D eigenvalue weighted by atomic mass is 16.3. The molecule has 3 heteroatoms. The van der Waals surface area contributed by atoms with Crippen LogP contribution in [0.2, 0.25) is 0 Å². The molecule has 0 unspecified atom stereocenters. The van der Waals surface area contributed by atoms with Crippen molar-refractivity contribution >= 4 is 0 Å². The number of nitrogens with two attached hydrogens (primary N) is 1. The molecular weight excluding hydrogens is 274 g/mol. The van der Waals surface area contributed by atoms with Crippen LogP contribution in [0.15, 0.2) is 69.9 Å². The summed E-state index contributed by atoms with van der Waals surface area (Å²) >= 11 is 0. The van der Waals surface area contributed by atoms with Crippen LogP contribution in [-0.2, 0) is 6.54 Å². The van der Waals surface area contributed by atoms with Crippen LogP contribution in [0.25, 0.3) is 22.6 Å². The van der Waals surface area contributed by atoms with Crippen LogP contribution in [-0.4, -0.2) is 0 Å². The van der Waals surface area contributed by atoms with Crippen molar-refractivity contribution in [2.75, 3.05) is 0 Å². The average Bonchev–Trinajstić information content (AvgIpc) is 2.58. The molecule has 3 rings (SSSR count). The third-order valence-corrected chi connectivity index (χ3v) is 3.71. The molecule has 2 aromatic carbocycles. The first kappa shape index (κ1) is 14.3. The van der Waals surface area contributed by atoms with E-state index < -0.39 is 0 Å². The van der Waals surface area contributed by atoms with Gasteiger partial charge in [0.1, 0.15) is 11.5 Å². The van der Waals surface area contributed by atoms with Crippen LogP contribution in [0.1, 0.15) is 11.1 Å². The summed E-state index contributed by atoms with van der Waals surface area (Å²) < 4.78 is 6.10. The van der Waals surface area contributed by atoms with Crippen LogP contribution in [0.3, 0.4) is 0 Å². The van der Waals surface area contributed by atoms with Gasteiger partial charge in [-0.15, -0.1) is 0 Å². The van der Waals surface area contributed by atoms with Gasteiger partial charge in [-0.05, 0) is 6.92 Å². The molecule has 0 bridgehead atoms. The van der Waals surface area contributed by atoms with Crippen LogP contribution in [0.4, 0.5) is 0 Å². The summed E-state index contributed by atoms with van der Waals surface area (Å²) in [5.41, 5.74) is 8.59. The molecule has 0 aliphatic carbocycles. The van der Waals surface area contributed by atoms with Gasteiger partial charge in [0.25, 0.3) is 0 Å². The minimum Gasteiger partial charge on any atom is -0.455 e. The Kier molecular flexibility index (Phi) is 3.90. The maximum Gasteiger partial charge on any atom is 0.193 e. The molecule has 1 aromatic heterocycles. The van der Waals surface area contributed by atoms with E-state index in [9.17, 15) is 4.79 Å². The smallest absolute Gasteiger partial charge is 0.193 e. The molecule has 22 heavy (non-hydrogen) atoms. The summed E-state index contributed by atoms with van der Waals surface area (Å²) in [6, 6.07) is 19.2. The lowest BCUT2D eigenvalue weighted by atomic mass is 10.0. The maximum atomic E-state index is 12.6. The fourth-order valence-electron chi connectivity index (χ4n) is 2.55. The van der Waals surface area contributed by atoms with E-state index in [1.807, 2.05) is 60.7 Å². The standard InChI is InChI=1S/C19H17NO2/c1-13-17(21)16(12-20)19(15-10-6-3-7-11-15)22-18(13)14-8-4-2-5-9-14/h2-11H,12,20H2,1H3. The van der Waals surface area contributed by atoms with Crippen molar-refractivity contribution in [2.45, 2.75) is 13.5 Å². The van der Waals surface area contributed by atoms with E-state index in [0.29, 0.717) is 22.6 Å². The van der Waals surface area contributed by atoms with Gasteiger partial charge in [0.2, 0.25) is 0 Å². The van der Waals surface area contributed by atoms with E-state index in [4.69, 9.17) is 10.2 Å². The SMILES string of the molecule is Cc1c(-c2ccccc2)oc(-c2ccccc2)c(CN)c1=O. The molecule has 0 amide bonds. The van der Waals surface area contributed by atoms with Crippen LogP contribution >= 0.6 is 0 Å². The van der Waals surface area contributed by atoms with Crippen molar-refractivity contribution in [3.63, 3.8) is 0 Å². The van der Waals surface area contributed by atoms with Crippen LogP contribution < -0.4 is 11.2 Å². The number of rotatable bonds is 3. The lowest BCUT2D eigenvalue weighted by Crippen LogP contribution is -2.18. The molecule has 0 atom stereocenters. The Balaban J connectivity index is 2.31. The van der Waals surface area contributed by atoms with E-state index in [2.05, 4.69) is 0 Å². The van der Waals surface area contributed by atoms with Gasteiger partial charge in [0.05, 0.1) is 5.56 Å². The first-order chi connectivity index (χ1) is 10.7. The van der Waals surface area contributed by atoms with Crippen LogP contribution in [0.5, 0.6) is 0 Å². The number of hydrogen-bond donors (Lipinski definition) is 1. The monoisotopic (exact) mass is 291 g/mol. The lowest BCUT2D eigenvalue weighted by molar-refractivity contribution is 0.567. The molecule has 3 nitrogen and oxygen atoms in total. The van der Waals surface area contributed by atoms with Gasteiger partial charge in [-0.25, -0.2) is 0 Å². The Bertz CT molecular complexity index is 837. The van der Waals surface area contributed by atoms with Gasteiger partial charge in [-0.1, -0.05) is 60.7 Å². The fourth-order valence-corrected chi connectivity index (χ4v) is 2.55. The van der Waals surface area contributed by atoms with Gasteiger partial charge >= 0.3 is 0 Å². The maximum absolute atomic E-state index is 12.6. The Labute approximate surface area is 129 Å². The Morgan fingerprint density at radius 1 is 0.864 bits per heavy atom. The molecule has 0 aliphatic rings. The summed E-state index contributed by atoms with van der Waals surface area (Å²) in [5, 5.41) is 0. The van der Waals surface area contributed by atoms with Gasteiger partial charge in [-0.3, -0.25) is 4.79 Å². The van der Waals surface area contributed by atoms with Crippen molar-refractivity contribution in [3.8, 4) is 22.6 Å². The largest absolute Gasteiger partial charge is 0.455 e. The normalized spacial score (nSPS) is 10.6. The Morgan fingerprint density at radius 2 is 1.36 bits per heavy atom.